The fraction of sp³-hybridized carbons (Fsp3) is 0.808. The van der Waals surface area contributed by atoms with E-state index in [0.717, 1.165) is 25.7 Å². The van der Waals surface area contributed by atoms with Crippen LogP contribution in [0.1, 0.15) is 105 Å². The molecule has 0 rings (SSSR count). The molecule has 0 amide bonds. The fourth-order valence-electron chi connectivity index (χ4n) is 2.77. The van der Waals surface area contributed by atoms with E-state index in [9.17, 15) is 4.79 Å². The van der Waals surface area contributed by atoms with E-state index in [1.807, 2.05) is 20.8 Å². The zero-order chi connectivity index (χ0) is 23.6. The van der Waals surface area contributed by atoms with Gasteiger partial charge in [0, 0.05) is 13.0 Å². The molecule has 2 unspecified atom stereocenters. The molecule has 0 saturated heterocycles. The third-order valence-corrected chi connectivity index (χ3v) is 4.67. The molecule has 0 aliphatic heterocycles. The van der Waals surface area contributed by atoms with Gasteiger partial charge in [-0.2, -0.15) is 0 Å². The molecule has 2 atom stereocenters. The van der Waals surface area contributed by atoms with Crippen LogP contribution in [-0.4, -0.2) is 48.2 Å². The van der Waals surface area contributed by atoms with E-state index in [1.54, 1.807) is 0 Å². The summed E-state index contributed by atoms with van der Waals surface area (Å²) in [6.07, 6.45) is 22.3. The predicted molar refractivity (Wildman–Crippen MR) is 131 cm³/mol. The van der Waals surface area contributed by atoms with Crippen molar-refractivity contribution >= 4 is 5.97 Å². The third kappa shape index (κ3) is 31.1. The Labute approximate surface area is 191 Å². The number of carbonyl (C=O) groups is 1. The summed E-state index contributed by atoms with van der Waals surface area (Å²) >= 11 is 0. The van der Waals surface area contributed by atoms with Crippen LogP contribution < -0.4 is 0 Å². The Morgan fingerprint density at radius 2 is 1.39 bits per heavy atom. The summed E-state index contributed by atoms with van der Waals surface area (Å²) in [5.41, 5.74) is 0. The van der Waals surface area contributed by atoms with Crippen molar-refractivity contribution in [1.82, 2.24) is 0 Å². The van der Waals surface area contributed by atoms with Crippen molar-refractivity contribution < 1.29 is 24.5 Å². The predicted octanol–water partition coefficient (Wildman–Crippen LogP) is 6.69. The Bertz CT molecular complexity index is 420. The quantitative estimate of drug-likeness (QED) is 0.162. The first-order chi connectivity index (χ1) is 15.0. The molecule has 2 N–H and O–H groups in total. The Morgan fingerprint density at radius 3 is 1.94 bits per heavy atom. The van der Waals surface area contributed by atoms with Crippen LogP contribution in [0.2, 0.25) is 0 Å². The van der Waals surface area contributed by atoms with Crippen molar-refractivity contribution in [3.8, 4) is 0 Å². The standard InChI is InChI=1S/C18H32O2.C8H18O3/c1-2-3-4-5-6-7-8-9-10-11-12-13-14-15-16-17-18(19)20;1-4-10-8(3)6-11-7(2)5-9/h6-7,9-10H,2-5,8,11-17H2,1H3,(H,19,20);7-9H,4-6H2,1-3H3/b7-6-,10-9-;. The lowest BCUT2D eigenvalue weighted by Crippen LogP contribution is -2.22. The molecule has 0 aliphatic carbocycles. The highest BCUT2D eigenvalue weighted by atomic mass is 16.5. The molecule has 31 heavy (non-hydrogen) atoms. The zero-order valence-electron chi connectivity index (χ0n) is 20.7. The van der Waals surface area contributed by atoms with E-state index in [2.05, 4.69) is 31.2 Å². The molecule has 5 nitrogen and oxygen atoms in total. The summed E-state index contributed by atoms with van der Waals surface area (Å²) in [4.78, 5) is 10.3. The molecule has 0 fully saturated rings. The summed E-state index contributed by atoms with van der Waals surface area (Å²) in [5, 5.41) is 17.1. The second kappa shape index (κ2) is 26.9. The molecule has 0 saturated carbocycles. The van der Waals surface area contributed by atoms with E-state index >= 15 is 0 Å². The van der Waals surface area contributed by atoms with Gasteiger partial charge in [-0.15, -0.1) is 0 Å². The number of allylic oxidation sites excluding steroid dienone is 4. The molecule has 5 heteroatoms. The van der Waals surface area contributed by atoms with Crippen LogP contribution in [0.5, 0.6) is 0 Å². The molecule has 0 aromatic rings. The number of ether oxygens (including phenoxy) is 2. The fourth-order valence-corrected chi connectivity index (χ4v) is 2.77. The van der Waals surface area contributed by atoms with E-state index in [4.69, 9.17) is 19.7 Å². The number of hydrogen-bond acceptors (Lipinski definition) is 4. The average molecular weight is 443 g/mol. The van der Waals surface area contributed by atoms with Crippen LogP contribution in [0, 0.1) is 0 Å². The van der Waals surface area contributed by atoms with Crippen LogP contribution in [-0.2, 0) is 14.3 Å². The van der Waals surface area contributed by atoms with Crippen molar-refractivity contribution in [2.75, 3.05) is 19.8 Å². The smallest absolute Gasteiger partial charge is 0.303 e. The van der Waals surface area contributed by atoms with Crippen molar-refractivity contribution in [1.29, 1.82) is 0 Å². The van der Waals surface area contributed by atoms with Gasteiger partial charge in [0.1, 0.15) is 0 Å². The average Bonchev–Trinajstić information content (AvgIpc) is 2.75. The topological polar surface area (TPSA) is 76.0 Å². The number of aliphatic hydroxyl groups is 1. The van der Waals surface area contributed by atoms with Gasteiger partial charge < -0.3 is 19.7 Å². The minimum Gasteiger partial charge on any atom is -0.481 e. The third-order valence-electron chi connectivity index (χ3n) is 4.67. The lowest BCUT2D eigenvalue weighted by atomic mass is 10.1. The number of unbranched alkanes of at least 4 members (excludes halogenated alkanes) is 8. The highest BCUT2D eigenvalue weighted by molar-refractivity contribution is 5.66. The second-order valence-electron chi connectivity index (χ2n) is 7.97. The monoisotopic (exact) mass is 442 g/mol. The van der Waals surface area contributed by atoms with Gasteiger partial charge in [-0.3, -0.25) is 4.79 Å². The lowest BCUT2D eigenvalue weighted by molar-refractivity contribution is -0.137. The summed E-state index contributed by atoms with van der Waals surface area (Å²) in [6.45, 7) is 9.29. The van der Waals surface area contributed by atoms with Gasteiger partial charge in [-0.25, -0.2) is 0 Å². The van der Waals surface area contributed by atoms with Gasteiger partial charge >= 0.3 is 5.97 Å². The first-order valence-electron chi connectivity index (χ1n) is 12.3. The van der Waals surface area contributed by atoms with E-state index in [1.165, 1.54) is 44.9 Å². The molecule has 0 radical (unpaired) electrons. The zero-order valence-corrected chi connectivity index (χ0v) is 20.7. The Hall–Kier alpha value is -1.17. The van der Waals surface area contributed by atoms with Crippen molar-refractivity contribution in [3.05, 3.63) is 24.3 Å². The van der Waals surface area contributed by atoms with Gasteiger partial charge in [0.15, 0.2) is 0 Å². The SMILES string of the molecule is CCCCC/C=C\C/C=C\CCCCCCCC(=O)O.CCOC(C)COC(C)CO. The largest absolute Gasteiger partial charge is 0.481 e. The second-order valence-corrected chi connectivity index (χ2v) is 7.97. The van der Waals surface area contributed by atoms with Gasteiger partial charge in [0.2, 0.25) is 0 Å². The summed E-state index contributed by atoms with van der Waals surface area (Å²) in [6, 6.07) is 0. The Balaban J connectivity index is 0. The van der Waals surface area contributed by atoms with E-state index in [0.29, 0.717) is 19.6 Å². The van der Waals surface area contributed by atoms with Crippen LogP contribution in [0.3, 0.4) is 0 Å². The maximum absolute atomic E-state index is 10.3. The molecule has 0 bridgehead atoms. The molecule has 0 aliphatic rings. The van der Waals surface area contributed by atoms with Gasteiger partial charge in [0.05, 0.1) is 25.4 Å². The van der Waals surface area contributed by atoms with Gasteiger partial charge in [0.25, 0.3) is 0 Å². The minimum atomic E-state index is -0.671. The maximum Gasteiger partial charge on any atom is 0.303 e. The summed E-state index contributed by atoms with van der Waals surface area (Å²) < 4.78 is 10.5. The van der Waals surface area contributed by atoms with Crippen LogP contribution in [0.15, 0.2) is 24.3 Å². The normalized spacial score (nSPS) is 13.3. The van der Waals surface area contributed by atoms with Gasteiger partial charge in [-0.05, 0) is 59.3 Å². The van der Waals surface area contributed by atoms with Gasteiger partial charge in [-0.1, -0.05) is 63.3 Å². The van der Waals surface area contributed by atoms with Crippen LogP contribution in [0.25, 0.3) is 0 Å². The van der Waals surface area contributed by atoms with Crippen LogP contribution in [0.4, 0.5) is 0 Å². The lowest BCUT2D eigenvalue weighted by Gasteiger charge is -2.14. The molecular formula is C26H50O5. The van der Waals surface area contributed by atoms with Crippen LogP contribution >= 0.6 is 0 Å². The van der Waals surface area contributed by atoms with E-state index in [-0.39, 0.29) is 18.8 Å². The summed E-state index contributed by atoms with van der Waals surface area (Å²) in [5.74, 6) is -0.671. The first-order valence-corrected chi connectivity index (χ1v) is 12.3. The highest BCUT2D eigenvalue weighted by Crippen LogP contribution is 2.08. The first kappa shape index (κ1) is 32.0. The molecule has 0 heterocycles. The number of aliphatic hydroxyl groups excluding tert-OH is 1. The molecule has 184 valence electrons. The number of aliphatic carboxylic acids is 1. The van der Waals surface area contributed by atoms with E-state index < -0.39 is 5.97 Å². The molecule has 0 spiro atoms. The molecule has 0 aromatic heterocycles. The summed E-state index contributed by atoms with van der Waals surface area (Å²) in [7, 11) is 0. The number of hydrogen-bond donors (Lipinski definition) is 2. The Morgan fingerprint density at radius 1 is 0.806 bits per heavy atom. The number of carboxylic acid groups (broad SMARTS) is 1. The van der Waals surface area contributed by atoms with Crippen molar-refractivity contribution in [2.45, 2.75) is 117 Å². The number of carboxylic acids is 1. The minimum absolute atomic E-state index is 0.0683. The molecular weight excluding hydrogens is 392 g/mol. The maximum atomic E-state index is 10.3. The number of rotatable bonds is 20. The van der Waals surface area contributed by atoms with Crippen molar-refractivity contribution in [3.63, 3.8) is 0 Å². The Kier molecular flexibility index (Phi) is 27.7. The van der Waals surface area contributed by atoms with Crippen molar-refractivity contribution in [2.24, 2.45) is 0 Å². The molecule has 0 aromatic carbocycles. The highest BCUT2D eigenvalue weighted by Gasteiger charge is 2.04.